The van der Waals surface area contributed by atoms with E-state index < -0.39 is 0 Å². The molecule has 0 aliphatic carbocycles. The maximum atomic E-state index is 6.86. The second-order valence-electron chi connectivity index (χ2n) is 12.3. The quantitative estimate of drug-likeness (QED) is 0.202. The summed E-state index contributed by atoms with van der Waals surface area (Å²) in [5.41, 5.74) is 6.96. The predicted octanol–water partition coefficient (Wildman–Crippen LogP) is 9.96. The molecule has 6 heteroatoms. The lowest BCUT2D eigenvalue weighted by atomic mass is 9.74. The molecule has 0 spiro atoms. The molecule has 46 heavy (non-hydrogen) atoms. The number of ether oxygens (including phenoxy) is 2. The van der Waals surface area contributed by atoms with Crippen molar-refractivity contribution in [3.05, 3.63) is 139 Å². The van der Waals surface area contributed by atoms with Crippen LogP contribution in [0.25, 0.3) is 50.0 Å². The van der Waals surface area contributed by atoms with Crippen molar-refractivity contribution in [1.29, 1.82) is 0 Å². The highest BCUT2D eigenvalue weighted by Gasteiger charge is 2.39. The van der Waals surface area contributed by atoms with Crippen molar-refractivity contribution < 1.29 is 9.47 Å². The normalized spacial score (nSPS) is 13.5. The molecule has 0 N–H and O–H groups in total. The number of pyridine rings is 1. The maximum absolute atomic E-state index is 6.86. The minimum Gasteiger partial charge on any atom is -0.453 e. The molecule has 4 heterocycles. The van der Waals surface area contributed by atoms with Gasteiger partial charge in [-0.1, -0.05) is 80.6 Å². The zero-order valence-electron chi connectivity index (χ0n) is 25.7. The van der Waals surface area contributed by atoms with Gasteiger partial charge in [0.1, 0.15) is 23.1 Å². The molecule has 222 valence electrons. The van der Waals surface area contributed by atoms with Gasteiger partial charge in [0.15, 0.2) is 11.5 Å². The van der Waals surface area contributed by atoms with Crippen LogP contribution in [-0.4, -0.2) is 19.1 Å². The summed E-state index contributed by atoms with van der Waals surface area (Å²) < 4.78 is 18.0. The van der Waals surface area contributed by atoms with Gasteiger partial charge in [0, 0.05) is 52.2 Å². The van der Waals surface area contributed by atoms with Gasteiger partial charge < -0.3 is 14.0 Å². The van der Waals surface area contributed by atoms with Crippen molar-refractivity contribution in [1.82, 2.24) is 19.1 Å². The van der Waals surface area contributed by atoms with E-state index in [4.69, 9.17) is 19.4 Å². The zero-order chi connectivity index (χ0) is 31.0. The fourth-order valence-electron chi connectivity index (χ4n) is 7.14. The third kappa shape index (κ3) is 3.83. The van der Waals surface area contributed by atoms with Crippen LogP contribution in [0.3, 0.4) is 0 Å². The minimum absolute atomic E-state index is 0.379. The maximum Gasteiger partial charge on any atom is 0.174 e. The number of aromatic nitrogens is 4. The van der Waals surface area contributed by atoms with Crippen molar-refractivity contribution in [2.45, 2.75) is 19.3 Å². The molecule has 0 atom stereocenters. The number of nitrogens with zero attached hydrogens (tertiary/aromatic N) is 4. The first kappa shape index (κ1) is 26.5. The Bertz CT molecular complexity index is 2470. The van der Waals surface area contributed by atoms with Crippen LogP contribution >= 0.6 is 0 Å². The van der Waals surface area contributed by atoms with E-state index in [0.717, 1.165) is 72.7 Å². The molecule has 5 aromatic carbocycles. The molecule has 6 nitrogen and oxygen atoms in total. The molecule has 3 aromatic heterocycles. The van der Waals surface area contributed by atoms with E-state index in [-0.39, 0.29) is 5.41 Å². The third-order valence-corrected chi connectivity index (χ3v) is 9.26. The van der Waals surface area contributed by atoms with Gasteiger partial charge in [-0.15, -0.1) is 0 Å². The highest BCUT2D eigenvalue weighted by molar-refractivity contribution is 6.13. The first-order chi connectivity index (χ1) is 22.5. The van der Waals surface area contributed by atoms with E-state index in [0.29, 0.717) is 11.5 Å². The molecule has 0 fully saturated rings. The fraction of sp³-hybridized carbons (Fsp3) is 0.100. The van der Waals surface area contributed by atoms with Crippen LogP contribution in [-0.2, 0) is 12.5 Å². The molecule has 0 radical (unpaired) electrons. The lowest BCUT2D eigenvalue weighted by Gasteiger charge is -2.36. The van der Waals surface area contributed by atoms with Gasteiger partial charge in [-0.05, 0) is 48.5 Å². The number of aryl methyl sites for hydroxylation is 1. The van der Waals surface area contributed by atoms with Gasteiger partial charge >= 0.3 is 0 Å². The molecule has 0 amide bonds. The van der Waals surface area contributed by atoms with Crippen LogP contribution in [0, 0.1) is 0 Å². The van der Waals surface area contributed by atoms with E-state index in [9.17, 15) is 0 Å². The number of hydrogen-bond donors (Lipinski definition) is 0. The van der Waals surface area contributed by atoms with E-state index in [1.54, 1.807) is 0 Å². The largest absolute Gasteiger partial charge is 0.453 e. The van der Waals surface area contributed by atoms with Crippen LogP contribution < -0.4 is 9.47 Å². The van der Waals surface area contributed by atoms with Gasteiger partial charge in [-0.25, -0.2) is 9.97 Å². The highest BCUT2D eigenvalue weighted by Crippen LogP contribution is 2.56. The Morgan fingerprint density at radius 3 is 2.37 bits per heavy atom. The first-order valence-corrected chi connectivity index (χ1v) is 15.5. The summed E-state index contributed by atoms with van der Waals surface area (Å²) in [6, 6.07) is 41.2. The Morgan fingerprint density at radius 2 is 1.52 bits per heavy atom. The van der Waals surface area contributed by atoms with Crippen LogP contribution in [0.15, 0.2) is 128 Å². The molecule has 0 unspecified atom stereocenters. The fourth-order valence-corrected chi connectivity index (χ4v) is 7.14. The van der Waals surface area contributed by atoms with Gasteiger partial charge in [-0.2, -0.15) is 0 Å². The standard InChI is InChI=1S/C40H30N4O2/c1-40(2)28-16-5-9-20-33(28)46-38-34(45-26-14-12-13-25(23-26)39-42-29-17-6-8-19-31(29)43(39)3)24-32-36(37(38)40)27-15-4-7-18-30(27)44(32)35-21-10-11-22-41-35/h4-24H,1-3H3. The van der Waals surface area contributed by atoms with Crippen molar-refractivity contribution in [2.24, 2.45) is 7.05 Å². The summed E-state index contributed by atoms with van der Waals surface area (Å²) >= 11 is 0. The number of rotatable bonds is 4. The zero-order valence-corrected chi connectivity index (χ0v) is 25.7. The number of benzene rings is 5. The van der Waals surface area contributed by atoms with Crippen molar-refractivity contribution in [3.8, 4) is 40.2 Å². The van der Waals surface area contributed by atoms with Crippen LogP contribution in [0.5, 0.6) is 23.0 Å². The lowest BCUT2D eigenvalue weighted by molar-refractivity contribution is 0.384. The van der Waals surface area contributed by atoms with E-state index >= 15 is 0 Å². The Morgan fingerprint density at radius 1 is 0.739 bits per heavy atom. The molecule has 0 bridgehead atoms. The summed E-state index contributed by atoms with van der Waals surface area (Å²) in [5, 5.41) is 2.28. The molecule has 0 saturated heterocycles. The Kier molecular flexibility index (Phi) is 5.66. The summed E-state index contributed by atoms with van der Waals surface area (Å²) in [7, 11) is 2.05. The molecule has 1 aliphatic heterocycles. The van der Waals surface area contributed by atoms with Crippen molar-refractivity contribution in [2.75, 3.05) is 0 Å². The topological polar surface area (TPSA) is 54.1 Å². The van der Waals surface area contributed by atoms with E-state index in [1.807, 2.05) is 80.0 Å². The first-order valence-electron chi connectivity index (χ1n) is 15.5. The van der Waals surface area contributed by atoms with Gasteiger partial charge in [0.25, 0.3) is 0 Å². The number of hydrogen-bond acceptors (Lipinski definition) is 4. The van der Waals surface area contributed by atoms with Gasteiger partial charge in [-0.3, -0.25) is 4.57 Å². The van der Waals surface area contributed by atoms with Gasteiger partial charge in [0.2, 0.25) is 0 Å². The lowest BCUT2D eigenvalue weighted by Crippen LogP contribution is -2.25. The smallest absolute Gasteiger partial charge is 0.174 e. The summed E-state index contributed by atoms with van der Waals surface area (Å²) in [5.74, 6) is 4.64. The molecule has 0 saturated carbocycles. The van der Waals surface area contributed by atoms with E-state index in [1.165, 1.54) is 0 Å². The van der Waals surface area contributed by atoms with Crippen molar-refractivity contribution in [3.63, 3.8) is 0 Å². The Balaban J connectivity index is 1.30. The number of para-hydroxylation sites is 4. The summed E-state index contributed by atoms with van der Waals surface area (Å²) in [6.07, 6.45) is 1.83. The average Bonchev–Trinajstić information content (AvgIpc) is 3.60. The predicted molar refractivity (Wildman–Crippen MR) is 183 cm³/mol. The third-order valence-electron chi connectivity index (χ3n) is 9.26. The van der Waals surface area contributed by atoms with Gasteiger partial charge in [0.05, 0.1) is 22.1 Å². The monoisotopic (exact) mass is 598 g/mol. The number of imidazole rings is 1. The summed E-state index contributed by atoms with van der Waals surface area (Å²) in [6.45, 7) is 4.55. The molecular weight excluding hydrogens is 568 g/mol. The van der Waals surface area contributed by atoms with Crippen LogP contribution in [0.4, 0.5) is 0 Å². The minimum atomic E-state index is -0.379. The average molecular weight is 599 g/mol. The second kappa shape index (κ2) is 9.81. The SMILES string of the molecule is Cn1c(-c2cccc(Oc3cc4c(c5c3Oc3ccccc3C5(C)C)c3ccccc3n4-c3ccccn3)c2)nc2ccccc21. The number of fused-ring (bicyclic) bond motifs is 7. The van der Waals surface area contributed by atoms with Crippen molar-refractivity contribution >= 4 is 32.8 Å². The second-order valence-corrected chi connectivity index (χ2v) is 12.3. The van der Waals surface area contributed by atoms with Crippen LogP contribution in [0.2, 0.25) is 0 Å². The molecule has 1 aliphatic rings. The molecule has 8 aromatic rings. The summed E-state index contributed by atoms with van der Waals surface area (Å²) in [4.78, 5) is 9.70. The molecular formula is C40H30N4O2. The Labute approximate surface area is 266 Å². The van der Waals surface area contributed by atoms with Crippen LogP contribution in [0.1, 0.15) is 25.0 Å². The Hall–Kier alpha value is -5.88. The highest BCUT2D eigenvalue weighted by atomic mass is 16.5. The van der Waals surface area contributed by atoms with E-state index in [2.05, 4.69) is 77.6 Å². The molecule has 9 rings (SSSR count).